The molecule has 0 fully saturated rings. The third-order valence-electron chi connectivity index (χ3n) is 4.58. The Morgan fingerprint density at radius 3 is 2.73 bits per heavy atom. The Kier molecular flexibility index (Phi) is 3.93. The van der Waals surface area contributed by atoms with Crippen molar-refractivity contribution in [3.63, 3.8) is 0 Å². The van der Waals surface area contributed by atoms with E-state index in [4.69, 9.17) is 0 Å². The summed E-state index contributed by atoms with van der Waals surface area (Å²) >= 11 is 0. The molecule has 0 spiro atoms. The molecule has 0 unspecified atom stereocenters. The van der Waals surface area contributed by atoms with Gasteiger partial charge in [0.1, 0.15) is 5.82 Å². The van der Waals surface area contributed by atoms with Gasteiger partial charge in [-0.05, 0) is 35.7 Å². The maximum atomic E-state index is 13.6. The minimum Gasteiger partial charge on any atom is -0.494 e. The van der Waals surface area contributed by atoms with Crippen molar-refractivity contribution in [3.05, 3.63) is 91.9 Å². The average molecular weight is 353 g/mol. The molecule has 0 aliphatic carbocycles. The van der Waals surface area contributed by atoms with Gasteiger partial charge in [0.15, 0.2) is 0 Å². The number of rotatable bonds is 2. The number of aromatic nitrogens is 2. The van der Waals surface area contributed by atoms with Crippen molar-refractivity contribution in [2.75, 3.05) is 6.54 Å². The van der Waals surface area contributed by atoms with Crippen molar-refractivity contribution in [1.82, 2.24) is 14.9 Å². The number of nitrogens with zero attached hydrogens (tertiary/aromatic N) is 1. The van der Waals surface area contributed by atoms with Gasteiger partial charge in [-0.15, -0.1) is 0 Å². The number of hydrogen-bond acceptors (Lipinski definition) is 4. The first-order valence-corrected chi connectivity index (χ1v) is 8.21. The maximum absolute atomic E-state index is 13.6. The number of hydrogen-bond donors (Lipinski definition) is 3. The van der Waals surface area contributed by atoms with Gasteiger partial charge in [0, 0.05) is 6.54 Å². The molecule has 7 heteroatoms. The van der Waals surface area contributed by atoms with Crippen LogP contribution in [0.15, 0.2) is 58.1 Å². The quantitative estimate of drug-likeness (QED) is 0.653. The van der Waals surface area contributed by atoms with Crippen LogP contribution in [0, 0.1) is 5.82 Å². The summed E-state index contributed by atoms with van der Waals surface area (Å²) in [4.78, 5) is 27.0. The Hall–Kier alpha value is -3.19. The predicted octanol–water partition coefficient (Wildman–Crippen LogP) is 1.61. The zero-order valence-corrected chi connectivity index (χ0v) is 13.7. The SMILES string of the molecule is O=c1[nH]c(=O)n(-c2cccc(F)c2)c(O)c1[C@@H]1NCCc2ccccc21. The molecule has 1 atom stereocenters. The van der Waals surface area contributed by atoms with E-state index < -0.39 is 29.0 Å². The summed E-state index contributed by atoms with van der Waals surface area (Å²) in [5, 5.41) is 14.0. The lowest BCUT2D eigenvalue weighted by atomic mass is 9.90. The molecule has 4 rings (SSSR count). The van der Waals surface area contributed by atoms with Gasteiger partial charge in [-0.1, -0.05) is 30.3 Å². The molecular formula is C19H16FN3O3. The van der Waals surface area contributed by atoms with Crippen LogP contribution in [0.3, 0.4) is 0 Å². The van der Waals surface area contributed by atoms with Crippen molar-refractivity contribution in [2.24, 2.45) is 0 Å². The highest BCUT2D eigenvalue weighted by molar-refractivity contribution is 5.45. The maximum Gasteiger partial charge on any atom is 0.335 e. The fourth-order valence-electron chi connectivity index (χ4n) is 3.42. The Morgan fingerprint density at radius 2 is 1.92 bits per heavy atom. The molecular weight excluding hydrogens is 337 g/mol. The van der Waals surface area contributed by atoms with Crippen molar-refractivity contribution in [1.29, 1.82) is 0 Å². The van der Waals surface area contributed by atoms with Gasteiger partial charge in [-0.25, -0.2) is 13.8 Å². The lowest BCUT2D eigenvalue weighted by molar-refractivity contribution is 0.410. The van der Waals surface area contributed by atoms with Gasteiger partial charge in [0.2, 0.25) is 5.88 Å². The minimum absolute atomic E-state index is 0.0287. The topological polar surface area (TPSA) is 87.1 Å². The van der Waals surface area contributed by atoms with Crippen LogP contribution in [0.1, 0.15) is 22.7 Å². The molecule has 0 saturated heterocycles. The van der Waals surface area contributed by atoms with Crippen molar-refractivity contribution >= 4 is 0 Å². The second-order valence-corrected chi connectivity index (χ2v) is 6.15. The van der Waals surface area contributed by atoms with E-state index in [0.29, 0.717) is 6.54 Å². The van der Waals surface area contributed by atoms with E-state index in [9.17, 15) is 19.1 Å². The molecule has 26 heavy (non-hydrogen) atoms. The summed E-state index contributed by atoms with van der Waals surface area (Å²) in [6, 6.07) is 12.3. The summed E-state index contributed by atoms with van der Waals surface area (Å²) < 4.78 is 14.5. The first-order valence-electron chi connectivity index (χ1n) is 8.21. The summed E-state index contributed by atoms with van der Waals surface area (Å²) in [6.45, 7) is 0.625. The highest BCUT2D eigenvalue weighted by Crippen LogP contribution is 2.31. The minimum atomic E-state index is -0.828. The molecule has 1 aliphatic rings. The number of nitrogens with one attached hydrogen (secondary N) is 2. The van der Waals surface area contributed by atoms with Crippen LogP contribution in [0.2, 0.25) is 0 Å². The summed E-state index contributed by atoms with van der Waals surface area (Å²) in [7, 11) is 0. The molecule has 1 aliphatic heterocycles. The molecule has 0 bridgehead atoms. The van der Waals surface area contributed by atoms with Crippen molar-refractivity contribution in [3.8, 4) is 11.6 Å². The molecule has 2 aromatic carbocycles. The van der Waals surface area contributed by atoms with Crippen LogP contribution in [-0.4, -0.2) is 21.2 Å². The molecule has 1 aromatic heterocycles. The number of halogens is 1. The summed E-state index contributed by atoms with van der Waals surface area (Å²) in [6.07, 6.45) is 0.800. The second-order valence-electron chi connectivity index (χ2n) is 6.15. The Balaban J connectivity index is 1.96. The van der Waals surface area contributed by atoms with E-state index in [0.717, 1.165) is 28.2 Å². The Bertz CT molecular complexity index is 1100. The Labute approximate surface area is 147 Å². The van der Waals surface area contributed by atoms with E-state index in [2.05, 4.69) is 10.3 Å². The highest BCUT2D eigenvalue weighted by Gasteiger charge is 2.28. The van der Waals surface area contributed by atoms with E-state index in [1.165, 1.54) is 18.2 Å². The van der Waals surface area contributed by atoms with E-state index >= 15 is 0 Å². The average Bonchev–Trinajstić information content (AvgIpc) is 2.61. The van der Waals surface area contributed by atoms with Gasteiger partial charge >= 0.3 is 5.69 Å². The number of benzene rings is 2. The largest absolute Gasteiger partial charge is 0.494 e. The molecule has 3 aromatic rings. The van der Waals surface area contributed by atoms with E-state index in [1.54, 1.807) is 0 Å². The lowest BCUT2D eigenvalue weighted by Crippen LogP contribution is -2.38. The van der Waals surface area contributed by atoms with Gasteiger partial charge in [0.05, 0.1) is 17.3 Å². The Morgan fingerprint density at radius 1 is 1.12 bits per heavy atom. The van der Waals surface area contributed by atoms with Crippen LogP contribution in [-0.2, 0) is 6.42 Å². The molecule has 132 valence electrons. The second kappa shape index (κ2) is 6.27. The molecule has 0 saturated carbocycles. The summed E-state index contributed by atoms with van der Waals surface area (Å²) in [5.41, 5.74) is 0.595. The van der Waals surface area contributed by atoms with Crippen molar-refractivity contribution in [2.45, 2.75) is 12.5 Å². The number of aromatic hydroxyl groups is 1. The first-order chi connectivity index (χ1) is 12.6. The molecule has 6 nitrogen and oxygen atoms in total. The van der Waals surface area contributed by atoms with Crippen LogP contribution < -0.4 is 16.6 Å². The monoisotopic (exact) mass is 353 g/mol. The van der Waals surface area contributed by atoms with Crippen LogP contribution in [0.5, 0.6) is 5.88 Å². The van der Waals surface area contributed by atoms with Crippen LogP contribution in [0.25, 0.3) is 5.69 Å². The normalized spacial score (nSPS) is 16.3. The standard InChI is InChI=1S/C19H16FN3O3/c20-12-5-3-6-13(10-12)23-18(25)15(17(24)22-19(23)26)16-14-7-2-1-4-11(14)8-9-21-16/h1-7,10,16,21,25H,8-9H2,(H,22,24,26)/t16-/m1/s1. The predicted molar refractivity (Wildman–Crippen MR) is 94.3 cm³/mol. The van der Waals surface area contributed by atoms with Crippen molar-refractivity contribution < 1.29 is 9.50 Å². The first kappa shape index (κ1) is 16.3. The lowest BCUT2D eigenvalue weighted by Gasteiger charge is -2.27. The van der Waals surface area contributed by atoms with Crippen LogP contribution >= 0.6 is 0 Å². The highest BCUT2D eigenvalue weighted by atomic mass is 19.1. The van der Waals surface area contributed by atoms with E-state index in [-0.39, 0.29) is 11.3 Å². The fourth-order valence-corrected chi connectivity index (χ4v) is 3.42. The zero-order valence-electron chi connectivity index (χ0n) is 13.7. The van der Waals surface area contributed by atoms with Gasteiger partial charge in [-0.3, -0.25) is 9.78 Å². The number of aromatic amines is 1. The third kappa shape index (κ3) is 2.62. The molecule has 0 amide bonds. The molecule has 3 N–H and O–H groups in total. The number of fused-ring (bicyclic) bond motifs is 1. The third-order valence-corrected chi connectivity index (χ3v) is 4.58. The smallest absolute Gasteiger partial charge is 0.335 e. The molecule has 0 radical (unpaired) electrons. The van der Waals surface area contributed by atoms with Gasteiger partial charge < -0.3 is 10.4 Å². The van der Waals surface area contributed by atoms with Gasteiger partial charge in [-0.2, -0.15) is 0 Å². The number of H-pyrrole nitrogens is 1. The fraction of sp³-hybridized carbons (Fsp3) is 0.158. The van der Waals surface area contributed by atoms with Crippen LogP contribution in [0.4, 0.5) is 4.39 Å². The van der Waals surface area contributed by atoms with Gasteiger partial charge in [0.25, 0.3) is 5.56 Å². The molecule has 2 heterocycles. The zero-order chi connectivity index (χ0) is 18.3. The summed E-state index contributed by atoms with van der Waals surface area (Å²) in [5.74, 6) is -1.05. The van der Waals surface area contributed by atoms with E-state index in [1.807, 2.05) is 24.3 Å².